The standard InChI is InChI=1S/C25H27N3O4S/c1-17-15-27(16-18(2)32-17)33(30,31)21-9-6-8-20(14-21)25(29)24-19(3)22(11-7-12-26)28-13-5-4-10-23(24)28/h4-6,8-10,13-14,17-18H,7,11,15-16H2,1-3H3/t17-,18-/m0/s1. The van der Waals surface area contributed by atoms with Crippen molar-refractivity contribution >= 4 is 21.3 Å². The minimum absolute atomic E-state index is 0.0977. The summed E-state index contributed by atoms with van der Waals surface area (Å²) in [5.41, 5.74) is 3.32. The van der Waals surface area contributed by atoms with Gasteiger partial charge in [0.1, 0.15) is 0 Å². The zero-order valence-corrected chi connectivity index (χ0v) is 19.8. The van der Waals surface area contributed by atoms with Gasteiger partial charge in [-0.15, -0.1) is 0 Å². The Hall–Kier alpha value is -2.99. The second-order valence-electron chi connectivity index (χ2n) is 8.50. The van der Waals surface area contributed by atoms with Crippen LogP contribution < -0.4 is 0 Å². The SMILES string of the molecule is Cc1c(C(=O)c2cccc(S(=O)(=O)N3C[C@H](C)O[C@@H](C)C3)c2)c2ccccn2c1CCC#N. The highest BCUT2D eigenvalue weighted by atomic mass is 32.2. The molecular formula is C25H27N3O4S. The zero-order valence-electron chi connectivity index (χ0n) is 19.0. The molecule has 0 saturated carbocycles. The van der Waals surface area contributed by atoms with Crippen LogP contribution in [-0.2, 0) is 21.2 Å². The van der Waals surface area contributed by atoms with E-state index in [1.807, 2.05) is 49.6 Å². The van der Waals surface area contributed by atoms with Gasteiger partial charge in [-0.1, -0.05) is 18.2 Å². The van der Waals surface area contributed by atoms with Crippen molar-refractivity contribution in [3.05, 3.63) is 71.0 Å². The lowest BCUT2D eigenvalue weighted by Crippen LogP contribution is -2.48. The fourth-order valence-electron chi connectivity index (χ4n) is 4.59. The van der Waals surface area contributed by atoms with Gasteiger partial charge in [-0.05, 0) is 50.6 Å². The molecule has 3 aromatic rings. The minimum Gasteiger partial charge on any atom is -0.373 e. The van der Waals surface area contributed by atoms with E-state index < -0.39 is 10.0 Å². The molecule has 2 aromatic heterocycles. The Balaban J connectivity index is 1.74. The molecule has 172 valence electrons. The van der Waals surface area contributed by atoms with E-state index in [0.29, 0.717) is 24.0 Å². The predicted molar refractivity (Wildman–Crippen MR) is 125 cm³/mol. The minimum atomic E-state index is -3.77. The van der Waals surface area contributed by atoms with E-state index in [1.165, 1.54) is 16.4 Å². The van der Waals surface area contributed by atoms with Gasteiger partial charge in [-0.3, -0.25) is 4.79 Å². The first-order chi connectivity index (χ1) is 15.7. The summed E-state index contributed by atoms with van der Waals surface area (Å²) < 4.78 is 35.7. The van der Waals surface area contributed by atoms with Gasteiger partial charge < -0.3 is 9.14 Å². The van der Waals surface area contributed by atoms with Crippen LogP contribution in [0.25, 0.3) is 5.52 Å². The molecule has 0 unspecified atom stereocenters. The van der Waals surface area contributed by atoms with E-state index in [9.17, 15) is 13.2 Å². The Morgan fingerprint density at radius 1 is 1.15 bits per heavy atom. The van der Waals surface area contributed by atoms with E-state index in [1.54, 1.807) is 12.1 Å². The fraction of sp³-hybridized carbons (Fsp3) is 0.360. The maximum atomic E-state index is 13.6. The molecule has 0 aliphatic carbocycles. The molecule has 7 nitrogen and oxygen atoms in total. The number of aromatic nitrogens is 1. The van der Waals surface area contributed by atoms with Gasteiger partial charge in [0.2, 0.25) is 10.0 Å². The van der Waals surface area contributed by atoms with Crippen LogP contribution in [0.1, 0.15) is 47.4 Å². The molecule has 1 aromatic carbocycles. The van der Waals surface area contributed by atoms with Crippen LogP contribution in [0.3, 0.4) is 0 Å². The molecule has 0 bridgehead atoms. The summed E-state index contributed by atoms with van der Waals surface area (Å²) in [6.07, 6.45) is 2.36. The maximum absolute atomic E-state index is 13.6. The summed E-state index contributed by atoms with van der Waals surface area (Å²) in [4.78, 5) is 13.7. The number of nitrogens with zero attached hydrogens (tertiary/aromatic N) is 3. The number of fused-ring (bicyclic) bond motifs is 1. The van der Waals surface area contributed by atoms with Gasteiger partial charge in [0.05, 0.1) is 34.3 Å². The molecule has 0 N–H and O–H groups in total. The molecular weight excluding hydrogens is 438 g/mol. The third-order valence-electron chi connectivity index (χ3n) is 6.04. The molecule has 0 amide bonds. The highest BCUT2D eigenvalue weighted by Crippen LogP contribution is 2.28. The number of ether oxygens (including phenoxy) is 1. The number of aryl methyl sites for hydroxylation is 1. The largest absolute Gasteiger partial charge is 0.373 e. The third kappa shape index (κ3) is 4.32. The number of pyridine rings is 1. The third-order valence-corrected chi connectivity index (χ3v) is 7.86. The predicted octanol–water partition coefficient (Wildman–Crippen LogP) is 3.73. The van der Waals surface area contributed by atoms with E-state index in [2.05, 4.69) is 6.07 Å². The van der Waals surface area contributed by atoms with Crippen LogP contribution in [0.5, 0.6) is 0 Å². The van der Waals surface area contributed by atoms with E-state index in [4.69, 9.17) is 10.00 Å². The summed E-state index contributed by atoms with van der Waals surface area (Å²) in [6, 6.07) is 14.0. The normalized spacial score (nSPS) is 19.5. The van der Waals surface area contributed by atoms with Crippen molar-refractivity contribution in [3.63, 3.8) is 0 Å². The summed E-state index contributed by atoms with van der Waals surface area (Å²) in [6.45, 7) is 6.13. The molecule has 4 rings (SSSR count). The molecule has 0 spiro atoms. The first-order valence-electron chi connectivity index (χ1n) is 11.0. The van der Waals surface area contributed by atoms with Gasteiger partial charge in [-0.25, -0.2) is 8.42 Å². The Labute approximate surface area is 194 Å². The summed E-state index contributed by atoms with van der Waals surface area (Å²) >= 11 is 0. The number of ketones is 1. The number of morpholine rings is 1. The smallest absolute Gasteiger partial charge is 0.243 e. The fourth-order valence-corrected chi connectivity index (χ4v) is 6.22. The first-order valence-corrected chi connectivity index (χ1v) is 12.4. The summed E-state index contributed by atoms with van der Waals surface area (Å²) in [7, 11) is -3.77. The van der Waals surface area contributed by atoms with Gasteiger partial charge >= 0.3 is 0 Å². The van der Waals surface area contributed by atoms with Gasteiger partial charge in [-0.2, -0.15) is 9.57 Å². The highest BCUT2D eigenvalue weighted by molar-refractivity contribution is 7.89. The molecule has 1 aliphatic heterocycles. The number of carbonyl (C=O) groups excluding carboxylic acids is 1. The van der Waals surface area contributed by atoms with Crippen molar-refractivity contribution < 1.29 is 17.9 Å². The second kappa shape index (κ2) is 9.10. The maximum Gasteiger partial charge on any atom is 0.243 e. The van der Waals surface area contributed by atoms with Crippen LogP contribution in [0.4, 0.5) is 0 Å². The van der Waals surface area contributed by atoms with Crippen molar-refractivity contribution in [3.8, 4) is 6.07 Å². The number of carbonyl (C=O) groups is 1. The monoisotopic (exact) mass is 465 g/mol. The zero-order chi connectivity index (χ0) is 23.8. The van der Waals surface area contributed by atoms with Crippen molar-refractivity contribution in [2.24, 2.45) is 0 Å². The summed E-state index contributed by atoms with van der Waals surface area (Å²) in [5, 5.41) is 9.04. The summed E-state index contributed by atoms with van der Waals surface area (Å²) in [5.74, 6) is -0.236. The number of hydrogen-bond donors (Lipinski definition) is 0. The molecule has 8 heteroatoms. The molecule has 0 radical (unpaired) electrons. The van der Waals surface area contributed by atoms with Crippen LogP contribution in [0, 0.1) is 18.3 Å². The Bertz CT molecular complexity index is 1340. The van der Waals surface area contributed by atoms with Crippen molar-refractivity contribution in [1.82, 2.24) is 8.71 Å². The lowest BCUT2D eigenvalue weighted by molar-refractivity contribution is -0.0440. The molecule has 1 fully saturated rings. The van der Waals surface area contributed by atoms with Gasteiger partial charge in [0.15, 0.2) is 5.78 Å². The number of hydrogen-bond acceptors (Lipinski definition) is 5. The van der Waals surface area contributed by atoms with Crippen LogP contribution in [0.2, 0.25) is 0 Å². The van der Waals surface area contributed by atoms with Gasteiger partial charge in [0.25, 0.3) is 0 Å². The molecule has 1 saturated heterocycles. The van der Waals surface area contributed by atoms with E-state index >= 15 is 0 Å². The number of benzene rings is 1. The molecule has 33 heavy (non-hydrogen) atoms. The molecule has 2 atom stereocenters. The molecule has 1 aliphatic rings. The number of sulfonamides is 1. The Morgan fingerprint density at radius 2 is 1.88 bits per heavy atom. The average Bonchev–Trinajstić information content (AvgIpc) is 3.07. The first kappa shape index (κ1) is 23.2. The quantitative estimate of drug-likeness (QED) is 0.517. The Morgan fingerprint density at radius 3 is 2.58 bits per heavy atom. The Kier molecular flexibility index (Phi) is 6.39. The van der Waals surface area contributed by atoms with Crippen LogP contribution in [-0.4, -0.2) is 48.2 Å². The van der Waals surface area contributed by atoms with Crippen molar-refractivity contribution in [2.45, 2.75) is 50.7 Å². The molecule has 3 heterocycles. The van der Waals surface area contributed by atoms with Crippen molar-refractivity contribution in [1.29, 1.82) is 5.26 Å². The van der Waals surface area contributed by atoms with E-state index in [0.717, 1.165) is 16.8 Å². The second-order valence-corrected chi connectivity index (χ2v) is 10.4. The van der Waals surface area contributed by atoms with Crippen LogP contribution in [0.15, 0.2) is 53.6 Å². The van der Waals surface area contributed by atoms with Crippen LogP contribution >= 0.6 is 0 Å². The van der Waals surface area contributed by atoms with Crippen molar-refractivity contribution in [2.75, 3.05) is 13.1 Å². The number of nitriles is 1. The average molecular weight is 466 g/mol. The lowest BCUT2D eigenvalue weighted by Gasteiger charge is -2.34. The topological polar surface area (TPSA) is 91.9 Å². The van der Waals surface area contributed by atoms with E-state index in [-0.39, 0.29) is 36.0 Å². The lowest BCUT2D eigenvalue weighted by atomic mass is 9.99. The number of rotatable bonds is 6. The highest BCUT2D eigenvalue weighted by Gasteiger charge is 2.32. The van der Waals surface area contributed by atoms with Gasteiger partial charge in [0, 0.05) is 43.4 Å².